The molecular formula is C19H29N3O5S. The SMILES string of the molecule is CC1CN(CCNC(=O)c2ccc(S(=O)(=O)N3CCOCC3)cc2)CC(C)O1. The molecule has 0 aromatic heterocycles. The quantitative estimate of drug-likeness (QED) is 0.735. The van der Waals surface area contributed by atoms with Crippen molar-refractivity contribution >= 4 is 15.9 Å². The minimum atomic E-state index is -3.54. The smallest absolute Gasteiger partial charge is 0.251 e. The first kappa shape index (κ1) is 21.2. The Morgan fingerprint density at radius 3 is 2.32 bits per heavy atom. The van der Waals surface area contributed by atoms with Crippen LogP contribution in [-0.4, -0.2) is 88.2 Å². The molecule has 0 bridgehead atoms. The molecule has 0 radical (unpaired) electrons. The first-order chi connectivity index (χ1) is 13.4. The molecule has 1 aromatic carbocycles. The normalized spacial score (nSPS) is 24.8. The fraction of sp³-hybridized carbons (Fsp3) is 0.632. The Morgan fingerprint density at radius 2 is 1.71 bits per heavy atom. The lowest BCUT2D eigenvalue weighted by Crippen LogP contribution is -2.47. The zero-order chi connectivity index (χ0) is 20.1. The molecule has 0 saturated carbocycles. The van der Waals surface area contributed by atoms with Crippen LogP contribution < -0.4 is 5.32 Å². The highest BCUT2D eigenvalue weighted by molar-refractivity contribution is 7.89. The van der Waals surface area contributed by atoms with Crippen molar-refractivity contribution in [2.75, 3.05) is 52.5 Å². The van der Waals surface area contributed by atoms with Gasteiger partial charge in [0.2, 0.25) is 10.0 Å². The van der Waals surface area contributed by atoms with Crippen LogP contribution in [0.5, 0.6) is 0 Å². The zero-order valence-corrected chi connectivity index (χ0v) is 17.3. The lowest BCUT2D eigenvalue weighted by Gasteiger charge is -2.35. The number of rotatable bonds is 6. The summed E-state index contributed by atoms with van der Waals surface area (Å²) in [5.41, 5.74) is 0.449. The average molecular weight is 412 g/mol. The second kappa shape index (κ2) is 9.32. The standard InChI is InChI=1S/C19H29N3O5S/c1-15-13-21(14-16(2)27-15)8-7-20-19(23)17-3-5-18(6-4-17)28(24,25)22-9-11-26-12-10-22/h3-6,15-16H,7-14H2,1-2H3,(H,20,23). The molecule has 2 aliphatic rings. The maximum Gasteiger partial charge on any atom is 0.251 e. The summed E-state index contributed by atoms with van der Waals surface area (Å²) in [6.45, 7) is 8.61. The average Bonchev–Trinajstić information content (AvgIpc) is 2.68. The maximum atomic E-state index is 12.6. The minimum absolute atomic E-state index is 0.195. The Kier molecular flexibility index (Phi) is 7.05. The van der Waals surface area contributed by atoms with Crippen molar-refractivity contribution in [2.45, 2.75) is 31.0 Å². The maximum absolute atomic E-state index is 12.6. The zero-order valence-electron chi connectivity index (χ0n) is 16.5. The fourth-order valence-corrected chi connectivity index (χ4v) is 5.02. The molecule has 1 N–H and O–H groups in total. The number of benzene rings is 1. The summed E-state index contributed by atoms with van der Waals surface area (Å²) >= 11 is 0. The van der Waals surface area contributed by atoms with Crippen LogP contribution in [0, 0.1) is 0 Å². The lowest BCUT2D eigenvalue weighted by molar-refractivity contribution is -0.0672. The molecule has 28 heavy (non-hydrogen) atoms. The molecule has 2 aliphatic heterocycles. The number of nitrogens with zero attached hydrogens (tertiary/aromatic N) is 2. The van der Waals surface area contributed by atoms with Gasteiger partial charge in [0, 0.05) is 44.8 Å². The number of carbonyl (C=O) groups is 1. The molecule has 1 amide bonds. The van der Waals surface area contributed by atoms with Gasteiger partial charge in [-0.25, -0.2) is 8.42 Å². The van der Waals surface area contributed by atoms with E-state index in [-0.39, 0.29) is 23.0 Å². The molecule has 2 unspecified atom stereocenters. The number of ether oxygens (including phenoxy) is 2. The van der Waals surface area contributed by atoms with Crippen molar-refractivity contribution in [2.24, 2.45) is 0 Å². The number of hydrogen-bond donors (Lipinski definition) is 1. The van der Waals surface area contributed by atoms with Gasteiger partial charge in [0.25, 0.3) is 5.91 Å². The van der Waals surface area contributed by atoms with E-state index in [4.69, 9.17) is 9.47 Å². The van der Waals surface area contributed by atoms with Crippen LogP contribution in [0.2, 0.25) is 0 Å². The number of hydrogen-bond acceptors (Lipinski definition) is 6. The molecule has 2 heterocycles. The van der Waals surface area contributed by atoms with Crippen molar-refractivity contribution in [1.29, 1.82) is 0 Å². The van der Waals surface area contributed by atoms with Crippen molar-refractivity contribution in [1.82, 2.24) is 14.5 Å². The summed E-state index contributed by atoms with van der Waals surface area (Å²) in [4.78, 5) is 14.8. The van der Waals surface area contributed by atoms with Crippen LogP contribution >= 0.6 is 0 Å². The van der Waals surface area contributed by atoms with Gasteiger partial charge in [0.05, 0.1) is 30.3 Å². The molecule has 2 saturated heterocycles. The summed E-state index contributed by atoms with van der Waals surface area (Å²) < 4.78 is 37.6. The van der Waals surface area contributed by atoms with Crippen molar-refractivity contribution < 1.29 is 22.7 Å². The molecule has 3 rings (SSSR count). The van der Waals surface area contributed by atoms with E-state index in [0.717, 1.165) is 19.6 Å². The first-order valence-electron chi connectivity index (χ1n) is 9.70. The van der Waals surface area contributed by atoms with Crippen LogP contribution in [0.1, 0.15) is 24.2 Å². The van der Waals surface area contributed by atoms with Gasteiger partial charge >= 0.3 is 0 Å². The highest BCUT2D eigenvalue weighted by Gasteiger charge is 2.26. The number of sulfonamides is 1. The molecule has 8 nitrogen and oxygen atoms in total. The van der Waals surface area contributed by atoms with Crippen LogP contribution in [0.4, 0.5) is 0 Å². The van der Waals surface area contributed by atoms with Gasteiger partial charge in [0.1, 0.15) is 0 Å². The monoisotopic (exact) mass is 411 g/mol. The van der Waals surface area contributed by atoms with Crippen molar-refractivity contribution in [3.05, 3.63) is 29.8 Å². The summed E-state index contributed by atoms with van der Waals surface area (Å²) in [5, 5.41) is 2.90. The largest absolute Gasteiger partial charge is 0.379 e. The van der Waals surface area contributed by atoms with Gasteiger partial charge in [-0.05, 0) is 38.1 Å². The van der Waals surface area contributed by atoms with E-state index >= 15 is 0 Å². The molecule has 2 atom stereocenters. The Hall–Kier alpha value is -1.52. The van der Waals surface area contributed by atoms with Gasteiger partial charge < -0.3 is 14.8 Å². The summed E-state index contributed by atoms with van der Waals surface area (Å²) in [7, 11) is -3.54. The van der Waals surface area contributed by atoms with E-state index in [0.29, 0.717) is 38.4 Å². The van der Waals surface area contributed by atoms with E-state index in [2.05, 4.69) is 10.2 Å². The van der Waals surface area contributed by atoms with E-state index < -0.39 is 10.0 Å². The summed E-state index contributed by atoms with van der Waals surface area (Å²) in [6, 6.07) is 6.10. The summed E-state index contributed by atoms with van der Waals surface area (Å²) in [5.74, 6) is -0.204. The third-order valence-corrected chi connectivity index (χ3v) is 6.85. The van der Waals surface area contributed by atoms with Gasteiger partial charge in [-0.1, -0.05) is 0 Å². The Balaban J connectivity index is 1.52. The highest BCUT2D eigenvalue weighted by Crippen LogP contribution is 2.17. The van der Waals surface area contributed by atoms with Crippen LogP contribution in [0.25, 0.3) is 0 Å². The predicted molar refractivity (Wildman–Crippen MR) is 105 cm³/mol. The van der Waals surface area contributed by atoms with E-state index in [1.54, 1.807) is 12.1 Å². The molecule has 1 aromatic rings. The van der Waals surface area contributed by atoms with E-state index in [1.165, 1.54) is 16.4 Å². The van der Waals surface area contributed by atoms with Gasteiger partial charge in [0.15, 0.2) is 0 Å². The predicted octanol–water partition coefficient (Wildman–Crippen LogP) is 0.547. The van der Waals surface area contributed by atoms with Crippen LogP contribution in [-0.2, 0) is 19.5 Å². The topological polar surface area (TPSA) is 88.2 Å². The third kappa shape index (κ3) is 5.30. The first-order valence-corrected chi connectivity index (χ1v) is 11.1. The number of carbonyl (C=O) groups excluding carboxylic acids is 1. The molecule has 0 aliphatic carbocycles. The summed E-state index contributed by atoms with van der Waals surface area (Å²) in [6.07, 6.45) is 0.390. The van der Waals surface area contributed by atoms with Gasteiger partial charge in [-0.15, -0.1) is 0 Å². The Labute approximate surface area is 166 Å². The molecule has 2 fully saturated rings. The van der Waals surface area contributed by atoms with Crippen LogP contribution in [0.15, 0.2) is 29.2 Å². The van der Waals surface area contributed by atoms with Crippen LogP contribution in [0.3, 0.4) is 0 Å². The van der Waals surface area contributed by atoms with Gasteiger partial charge in [-0.3, -0.25) is 9.69 Å². The van der Waals surface area contributed by atoms with E-state index in [9.17, 15) is 13.2 Å². The number of nitrogens with one attached hydrogen (secondary N) is 1. The number of morpholine rings is 2. The van der Waals surface area contributed by atoms with Gasteiger partial charge in [-0.2, -0.15) is 4.31 Å². The van der Waals surface area contributed by atoms with Crippen molar-refractivity contribution in [3.8, 4) is 0 Å². The molecule has 0 spiro atoms. The van der Waals surface area contributed by atoms with Crippen molar-refractivity contribution in [3.63, 3.8) is 0 Å². The van der Waals surface area contributed by atoms with E-state index in [1.807, 2.05) is 13.8 Å². The third-order valence-electron chi connectivity index (χ3n) is 4.93. The second-order valence-electron chi connectivity index (χ2n) is 7.31. The molecule has 9 heteroatoms. The number of amides is 1. The highest BCUT2D eigenvalue weighted by atomic mass is 32.2. The minimum Gasteiger partial charge on any atom is -0.379 e. The Morgan fingerprint density at radius 1 is 1.11 bits per heavy atom. The fourth-order valence-electron chi connectivity index (χ4n) is 3.61. The Bertz CT molecular complexity index is 752. The second-order valence-corrected chi connectivity index (χ2v) is 9.25. The lowest BCUT2D eigenvalue weighted by atomic mass is 10.2. The molecule has 156 valence electrons. The molecular weight excluding hydrogens is 382 g/mol.